The number of fused-ring (bicyclic) bond motifs is 1. The van der Waals surface area contributed by atoms with Crippen molar-refractivity contribution in [1.82, 2.24) is 4.98 Å². The normalized spacial score (nSPS) is 11.6. The highest BCUT2D eigenvalue weighted by atomic mass is 19.1. The summed E-state index contributed by atoms with van der Waals surface area (Å²) in [4.78, 5) is 17.0. The van der Waals surface area contributed by atoms with Crippen LogP contribution in [0.5, 0.6) is 0 Å². The SMILES string of the molecule is CN(C(=O)OC(C)(C)C)c1cccc2[nH]c(-c3ccccc3F)cc12. The van der Waals surface area contributed by atoms with Crippen LogP contribution in [0.4, 0.5) is 14.9 Å². The smallest absolute Gasteiger partial charge is 0.414 e. The van der Waals surface area contributed by atoms with E-state index in [4.69, 9.17) is 4.74 Å². The topological polar surface area (TPSA) is 45.3 Å². The van der Waals surface area contributed by atoms with E-state index in [9.17, 15) is 9.18 Å². The number of hydrogen-bond donors (Lipinski definition) is 1. The van der Waals surface area contributed by atoms with E-state index in [0.29, 0.717) is 16.9 Å². The molecule has 25 heavy (non-hydrogen) atoms. The summed E-state index contributed by atoms with van der Waals surface area (Å²) in [6, 6.07) is 14.0. The molecule has 0 radical (unpaired) electrons. The van der Waals surface area contributed by atoms with Gasteiger partial charge in [-0.15, -0.1) is 0 Å². The van der Waals surface area contributed by atoms with Crippen LogP contribution in [0.1, 0.15) is 20.8 Å². The van der Waals surface area contributed by atoms with Crippen LogP contribution >= 0.6 is 0 Å². The van der Waals surface area contributed by atoms with E-state index in [1.165, 1.54) is 11.0 Å². The number of aromatic nitrogens is 1. The van der Waals surface area contributed by atoms with Gasteiger partial charge in [-0.05, 0) is 51.1 Å². The van der Waals surface area contributed by atoms with Crippen molar-refractivity contribution in [2.24, 2.45) is 0 Å². The standard InChI is InChI=1S/C20H21FN2O2/c1-20(2,3)25-19(24)23(4)18-11-7-10-16-14(18)12-17(22-16)13-8-5-6-9-15(13)21/h5-12,22H,1-4H3. The van der Waals surface area contributed by atoms with Gasteiger partial charge < -0.3 is 9.72 Å². The third-order valence-corrected chi connectivity index (χ3v) is 3.83. The highest BCUT2D eigenvalue weighted by Crippen LogP contribution is 2.32. The number of H-pyrrole nitrogens is 1. The summed E-state index contributed by atoms with van der Waals surface area (Å²) >= 11 is 0. The van der Waals surface area contributed by atoms with E-state index in [2.05, 4.69) is 4.98 Å². The van der Waals surface area contributed by atoms with Crippen molar-refractivity contribution < 1.29 is 13.9 Å². The first-order valence-electron chi connectivity index (χ1n) is 8.09. The van der Waals surface area contributed by atoms with Gasteiger partial charge in [0, 0.05) is 29.2 Å². The van der Waals surface area contributed by atoms with Gasteiger partial charge in [-0.1, -0.05) is 18.2 Å². The average molecular weight is 340 g/mol. The van der Waals surface area contributed by atoms with Gasteiger partial charge >= 0.3 is 6.09 Å². The lowest BCUT2D eigenvalue weighted by Crippen LogP contribution is -2.34. The molecule has 1 N–H and O–H groups in total. The van der Waals surface area contributed by atoms with Crippen LogP contribution in [0.3, 0.4) is 0 Å². The van der Waals surface area contributed by atoms with Crippen LogP contribution in [-0.4, -0.2) is 23.7 Å². The Morgan fingerprint density at radius 2 is 1.84 bits per heavy atom. The molecule has 1 aromatic heterocycles. The number of amides is 1. The molecule has 0 aliphatic carbocycles. The van der Waals surface area contributed by atoms with Crippen molar-refractivity contribution >= 4 is 22.7 Å². The molecule has 0 atom stereocenters. The zero-order chi connectivity index (χ0) is 18.2. The molecule has 0 aliphatic heterocycles. The lowest BCUT2D eigenvalue weighted by molar-refractivity contribution is 0.0590. The van der Waals surface area contributed by atoms with Gasteiger partial charge in [-0.3, -0.25) is 4.90 Å². The Bertz CT molecular complexity index is 925. The summed E-state index contributed by atoms with van der Waals surface area (Å²) in [5.74, 6) is -0.295. The summed E-state index contributed by atoms with van der Waals surface area (Å²) in [6.45, 7) is 5.48. The Hall–Kier alpha value is -2.82. The Kier molecular flexibility index (Phi) is 4.25. The lowest BCUT2D eigenvalue weighted by atomic mass is 10.1. The maximum Gasteiger partial charge on any atom is 0.414 e. The third-order valence-electron chi connectivity index (χ3n) is 3.83. The zero-order valence-corrected chi connectivity index (χ0v) is 14.8. The van der Waals surface area contributed by atoms with Gasteiger partial charge in [-0.25, -0.2) is 9.18 Å². The number of nitrogens with one attached hydrogen (secondary N) is 1. The van der Waals surface area contributed by atoms with Crippen molar-refractivity contribution in [3.63, 3.8) is 0 Å². The number of anilines is 1. The Balaban J connectivity index is 2.03. The third kappa shape index (κ3) is 3.50. The molecule has 3 aromatic rings. The summed E-state index contributed by atoms with van der Waals surface area (Å²) in [5.41, 5.74) is 2.11. The molecule has 3 rings (SSSR count). The van der Waals surface area contributed by atoms with E-state index < -0.39 is 11.7 Å². The molecule has 0 spiro atoms. The molecule has 130 valence electrons. The highest BCUT2D eigenvalue weighted by molar-refractivity contribution is 6.02. The van der Waals surface area contributed by atoms with Crippen LogP contribution in [-0.2, 0) is 4.74 Å². The molecule has 1 amide bonds. The predicted molar refractivity (Wildman–Crippen MR) is 98.3 cm³/mol. The number of carbonyl (C=O) groups excluding carboxylic acids is 1. The maximum absolute atomic E-state index is 14.1. The van der Waals surface area contributed by atoms with Gasteiger partial charge in [0.1, 0.15) is 11.4 Å². The molecule has 0 saturated carbocycles. The summed E-state index contributed by atoms with van der Waals surface area (Å²) in [6.07, 6.45) is -0.436. The van der Waals surface area contributed by atoms with Gasteiger partial charge in [0.2, 0.25) is 0 Å². The fourth-order valence-corrected chi connectivity index (χ4v) is 2.69. The van der Waals surface area contributed by atoms with Crippen LogP contribution in [0.2, 0.25) is 0 Å². The number of ether oxygens (including phenoxy) is 1. The van der Waals surface area contributed by atoms with Crippen LogP contribution in [0.15, 0.2) is 48.5 Å². The van der Waals surface area contributed by atoms with Crippen molar-refractivity contribution in [3.8, 4) is 11.3 Å². The monoisotopic (exact) mass is 340 g/mol. The second-order valence-electron chi connectivity index (χ2n) is 6.94. The molecular weight excluding hydrogens is 319 g/mol. The second kappa shape index (κ2) is 6.24. The van der Waals surface area contributed by atoms with E-state index in [-0.39, 0.29) is 5.82 Å². The van der Waals surface area contributed by atoms with E-state index in [0.717, 1.165) is 10.9 Å². The minimum absolute atomic E-state index is 0.295. The number of hydrogen-bond acceptors (Lipinski definition) is 2. The lowest BCUT2D eigenvalue weighted by Gasteiger charge is -2.25. The number of benzene rings is 2. The summed E-state index contributed by atoms with van der Waals surface area (Å²) in [5, 5.41) is 0.828. The van der Waals surface area contributed by atoms with Gasteiger partial charge in [-0.2, -0.15) is 0 Å². The summed E-state index contributed by atoms with van der Waals surface area (Å²) in [7, 11) is 1.67. The first-order chi connectivity index (χ1) is 11.8. The highest BCUT2D eigenvalue weighted by Gasteiger charge is 2.22. The molecule has 4 nitrogen and oxygen atoms in total. The first-order valence-corrected chi connectivity index (χ1v) is 8.09. The fourth-order valence-electron chi connectivity index (χ4n) is 2.69. The number of aromatic amines is 1. The van der Waals surface area contributed by atoms with E-state index in [1.807, 2.05) is 45.0 Å². The Morgan fingerprint density at radius 1 is 1.12 bits per heavy atom. The Morgan fingerprint density at radius 3 is 2.52 bits per heavy atom. The minimum Gasteiger partial charge on any atom is -0.443 e. The van der Waals surface area contributed by atoms with Gasteiger partial charge in [0.15, 0.2) is 0 Å². The van der Waals surface area contributed by atoms with Crippen molar-refractivity contribution in [1.29, 1.82) is 0 Å². The van der Waals surface area contributed by atoms with Crippen LogP contribution < -0.4 is 4.90 Å². The molecule has 5 heteroatoms. The number of carbonyl (C=O) groups is 1. The molecule has 0 unspecified atom stereocenters. The van der Waals surface area contributed by atoms with Crippen LogP contribution in [0, 0.1) is 5.82 Å². The largest absolute Gasteiger partial charge is 0.443 e. The van der Waals surface area contributed by atoms with E-state index in [1.54, 1.807) is 25.2 Å². The second-order valence-corrected chi connectivity index (χ2v) is 6.94. The number of nitrogens with zero attached hydrogens (tertiary/aromatic N) is 1. The maximum atomic E-state index is 14.1. The van der Waals surface area contributed by atoms with E-state index >= 15 is 0 Å². The van der Waals surface area contributed by atoms with Gasteiger partial charge in [0.25, 0.3) is 0 Å². The molecule has 0 fully saturated rings. The first kappa shape index (κ1) is 17.0. The minimum atomic E-state index is -0.574. The average Bonchev–Trinajstić information content (AvgIpc) is 2.96. The van der Waals surface area contributed by atoms with Crippen LogP contribution in [0.25, 0.3) is 22.2 Å². The number of rotatable bonds is 2. The molecular formula is C20H21FN2O2. The zero-order valence-electron chi connectivity index (χ0n) is 14.8. The fraction of sp³-hybridized carbons (Fsp3) is 0.250. The molecule has 0 bridgehead atoms. The Labute approximate surface area is 146 Å². The molecule has 1 heterocycles. The molecule has 0 aliphatic rings. The number of halogens is 1. The van der Waals surface area contributed by atoms with Crippen molar-refractivity contribution in [2.45, 2.75) is 26.4 Å². The molecule has 0 saturated heterocycles. The van der Waals surface area contributed by atoms with Gasteiger partial charge in [0.05, 0.1) is 5.69 Å². The molecule has 2 aromatic carbocycles. The van der Waals surface area contributed by atoms with Crippen molar-refractivity contribution in [3.05, 3.63) is 54.3 Å². The summed E-state index contributed by atoms with van der Waals surface area (Å²) < 4.78 is 19.5. The quantitative estimate of drug-likeness (QED) is 0.684. The predicted octanol–water partition coefficient (Wildman–Crippen LogP) is 5.35. The van der Waals surface area contributed by atoms with Crippen molar-refractivity contribution in [2.75, 3.05) is 11.9 Å².